The van der Waals surface area contributed by atoms with Crippen molar-refractivity contribution in [3.63, 3.8) is 0 Å². The third kappa shape index (κ3) is 6.28. The summed E-state index contributed by atoms with van der Waals surface area (Å²) in [5.74, 6) is 0.534. The molecule has 3 aliphatic rings. The molecule has 7 aromatic rings. The maximum atomic E-state index is 2.60. The van der Waals surface area contributed by atoms with Crippen LogP contribution in [0.3, 0.4) is 0 Å². The predicted octanol–water partition coefficient (Wildman–Crippen LogP) is 16.5. The highest BCUT2D eigenvalue weighted by atomic mass is 15.2. The van der Waals surface area contributed by atoms with E-state index < -0.39 is 0 Å². The van der Waals surface area contributed by atoms with Crippen LogP contribution in [0.1, 0.15) is 109 Å². The van der Waals surface area contributed by atoms with E-state index >= 15 is 0 Å². The maximum absolute atomic E-state index is 2.60. The fourth-order valence-corrected chi connectivity index (χ4v) is 11.1. The molecule has 7 aromatic carbocycles. The van der Waals surface area contributed by atoms with Gasteiger partial charge in [-0.1, -0.05) is 172 Å². The standard InChI is InChI=1S/C60H60N2/c1-57(2,3)39-25-29-43(30-26-39)61(41-19-13-11-14-20-41)45-33-35-49-51(37-45)59(7,8)55-53(49)47-23-17-18-24-48(47)54-50-36-34-46(38-52(50)60(9,10)56(54)55)62(42-21-15-12-16-22-42)44-31-27-40(28-32-44)58(4,5)6/h11-38,49,51H,1-10H3. The van der Waals surface area contributed by atoms with E-state index in [2.05, 4.69) is 249 Å². The molecule has 2 heteroatoms. The Morgan fingerprint density at radius 1 is 0.484 bits per heavy atom. The Bertz CT molecular complexity index is 2900. The van der Waals surface area contributed by atoms with Crippen LogP contribution in [0.4, 0.5) is 28.4 Å². The van der Waals surface area contributed by atoms with Crippen molar-refractivity contribution in [2.45, 2.75) is 96.8 Å². The van der Waals surface area contributed by atoms with Crippen molar-refractivity contribution in [2.24, 2.45) is 5.92 Å². The van der Waals surface area contributed by atoms with Crippen LogP contribution in [-0.2, 0) is 21.7 Å². The lowest BCUT2D eigenvalue weighted by molar-refractivity contribution is 0.388. The van der Waals surface area contributed by atoms with E-state index in [4.69, 9.17) is 0 Å². The molecule has 0 fully saturated rings. The zero-order chi connectivity index (χ0) is 43.3. The van der Waals surface area contributed by atoms with Gasteiger partial charge in [0.1, 0.15) is 0 Å². The van der Waals surface area contributed by atoms with E-state index in [9.17, 15) is 0 Å². The first-order valence-corrected chi connectivity index (χ1v) is 22.6. The van der Waals surface area contributed by atoms with E-state index in [1.165, 1.54) is 78.0 Å². The second kappa shape index (κ2) is 14.2. The molecule has 3 aliphatic carbocycles. The van der Waals surface area contributed by atoms with E-state index in [1.54, 1.807) is 0 Å². The van der Waals surface area contributed by atoms with Crippen molar-refractivity contribution in [3.8, 4) is 11.1 Å². The minimum Gasteiger partial charge on any atom is -0.311 e. The van der Waals surface area contributed by atoms with Gasteiger partial charge in [0.2, 0.25) is 0 Å². The van der Waals surface area contributed by atoms with Crippen LogP contribution in [0.25, 0.3) is 21.9 Å². The Labute approximate surface area is 370 Å². The van der Waals surface area contributed by atoms with Gasteiger partial charge >= 0.3 is 0 Å². The summed E-state index contributed by atoms with van der Waals surface area (Å²) in [7, 11) is 0. The highest BCUT2D eigenvalue weighted by Gasteiger charge is 2.52. The summed E-state index contributed by atoms with van der Waals surface area (Å²) in [5, 5.41) is 2.75. The minimum atomic E-state index is -0.237. The van der Waals surface area contributed by atoms with Crippen LogP contribution in [0.5, 0.6) is 0 Å². The molecule has 0 amide bonds. The number of anilines is 5. The van der Waals surface area contributed by atoms with Gasteiger partial charge in [-0.25, -0.2) is 0 Å². The lowest BCUT2D eigenvalue weighted by atomic mass is 9.69. The summed E-state index contributed by atoms with van der Waals surface area (Å²) in [6.45, 7) is 23.7. The molecule has 0 radical (unpaired) electrons. The van der Waals surface area contributed by atoms with Gasteiger partial charge in [0, 0.05) is 45.5 Å². The molecule has 62 heavy (non-hydrogen) atoms. The van der Waals surface area contributed by atoms with Crippen molar-refractivity contribution in [1.29, 1.82) is 0 Å². The lowest BCUT2D eigenvalue weighted by Crippen LogP contribution is -2.30. The van der Waals surface area contributed by atoms with Gasteiger partial charge in [-0.15, -0.1) is 0 Å². The molecule has 0 heterocycles. The van der Waals surface area contributed by atoms with Crippen LogP contribution in [-0.4, -0.2) is 0 Å². The summed E-state index contributed by atoms with van der Waals surface area (Å²) in [4.78, 5) is 4.89. The SMILES string of the molecule is CC(C)(C)c1ccc(N(C2=CC3C(C=C2)c2c(c4c(c5ccccc25)-c2ccc(N(c5ccccc5)c5ccc(C(C)(C)C)cc5)cc2C4(C)C)C3(C)C)c2ccccc2)cc1. The molecule has 0 bridgehead atoms. The highest BCUT2D eigenvalue weighted by Crippen LogP contribution is 2.64. The Balaban J connectivity index is 1.12. The summed E-state index contributed by atoms with van der Waals surface area (Å²) in [6.07, 6.45) is 7.53. The maximum Gasteiger partial charge on any atom is 0.0465 e. The molecule has 310 valence electrons. The van der Waals surface area contributed by atoms with Crippen LogP contribution in [0.2, 0.25) is 0 Å². The molecule has 0 saturated heterocycles. The van der Waals surface area contributed by atoms with Gasteiger partial charge in [-0.05, 0) is 144 Å². The molecule has 2 nitrogen and oxygen atoms in total. The fraction of sp³-hybridized carbons (Fsp3) is 0.267. The smallest absolute Gasteiger partial charge is 0.0465 e. The van der Waals surface area contributed by atoms with Gasteiger partial charge < -0.3 is 9.80 Å². The van der Waals surface area contributed by atoms with E-state index in [1.807, 2.05) is 0 Å². The summed E-state index contributed by atoms with van der Waals surface area (Å²) < 4.78 is 0. The van der Waals surface area contributed by atoms with Crippen molar-refractivity contribution in [3.05, 3.63) is 209 Å². The molecule has 0 aliphatic heterocycles. The molecule has 2 unspecified atom stereocenters. The molecular weight excluding hydrogens is 749 g/mol. The third-order valence-corrected chi connectivity index (χ3v) is 14.4. The van der Waals surface area contributed by atoms with E-state index in [0.29, 0.717) is 0 Å². The predicted molar refractivity (Wildman–Crippen MR) is 265 cm³/mol. The molecule has 0 saturated carbocycles. The lowest BCUT2D eigenvalue weighted by Gasteiger charge is -2.36. The molecule has 0 aromatic heterocycles. The highest BCUT2D eigenvalue weighted by molar-refractivity contribution is 6.06. The molecule has 2 atom stereocenters. The second-order valence-electron chi connectivity index (χ2n) is 21.1. The van der Waals surface area contributed by atoms with E-state index in [0.717, 1.165) is 11.4 Å². The average molecular weight is 809 g/mol. The molecule has 0 N–H and O–H groups in total. The largest absolute Gasteiger partial charge is 0.311 e. The van der Waals surface area contributed by atoms with Crippen molar-refractivity contribution >= 4 is 39.2 Å². The quantitative estimate of drug-likeness (QED) is 0.165. The van der Waals surface area contributed by atoms with Crippen molar-refractivity contribution in [1.82, 2.24) is 0 Å². The first kappa shape index (κ1) is 40.0. The molecule has 0 spiro atoms. The Morgan fingerprint density at radius 2 is 0.968 bits per heavy atom. The van der Waals surface area contributed by atoms with Gasteiger partial charge in [0.05, 0.1) is 0 Å². The zero-order valence-electron chi connectivity index (χ0n) is 38.2. The number of nitrogens with zero attached hydrogens (tertiary/aromatic N) is 2. The van der Waals surface area contributed by atoms with Gasteiger partial charge in [0.15, 0.2) is 0 Å². The Morgan fingerprint density at radius 3 is 1.53 bits per heavy atom. The first-order chi connectivity index (χ1) is 29.5. The van der Waals surface area contributed by atoms with Crippen LogP contribution >= 0.6 is 0 Å². The van der Waals surface area contributed by atoms with Gasteiger partial charge in [-0.3, -0.25) is 0 Å². The van der Waals surface area contributed by atoms with Crippen molar-refractivity contribution < 1.29 is 0 Å². The fourth-order valence-electron chi connectivity index (χ4n) is 11.1. The first-order valence-electron chi connectivity index (χ1n) is 22.6. The number of hydrogen-bond donors (Lipinski definition) is 0. The number of benzene rings is 7. The third-order valence-electron chi connectivity index (χ3n) is 14.4. The topological polar surface area (TPSA) is 6.48 Å². The number of rotatable bonds is 6. The van der Waals surface area contributed by atoms with Crippen molar-refractivity contribution in [2.75, 3.05) is 9.80 Å². The number of para-hydroxylation sites is 2. The van der Waals surface area contributed by atoms with Crippen LogP contribution in [0.15, 0.2) is 176 Å². The summed E-state index contributed by atoms with van der Waals surface area (Å²) >= 11 is 0. The average Bonchev–Trinajstić information content (AvgIpc) is 3.63. The summed E-state index contributed by atoms with van der Waals surface area (Å²) in [6, 6.07) is 56.7. The monoisotopic (exact) mass is 808 g/mol. The minimum absolute atomic E-state index is 0.0839. The van der Waals surface area contributed by atoms with Gasteiger partial charge in [0.25, 0.3) is 0 Å². The Hall–Kier alpha value is -6.12. The number of allylic oxidation sites excluding steroid dienone is 3. The second-order valence-corrected chi connectivity index (χ2v) is 21.1. The molecule has 10 rings (SSSR count). The zero-order valence-corrected chi connectivity index (χ0v) is 38.2. The van der Waals surface area contributed by atoms with E-state index in [-0.39, 0.29) is 33.5 Å². The van der Waals surface area contributed by atoms with Crippen LogP contribution < -0.4 is 9.80 Å². The Kier molecular flexibility index (Phi) is 9.16. The number of fused-ring (bicyclic) bond motifs is 10. The number of hydrogen-bond acceptors (Lipinski definition) is 2. The summed E-state index contributed by atoms with van der Waals surface area (Å²) in [5.41, 5.74) is 18.3. The van der Waals surface area contributed by atoms with Crippen LogP contribution in [0, 0.1) is 5.92 Å². The normalized spacial score (nSPS) is 18.1. The molecular formula is C60H60N2. The van der Waals surface area contributed by atoms with Gasteiger partial charge in [-0.2, -0.15) is 0 Å².